The number of esters is 1. The molecule has 0 aliphatic rings. The van der Waals surface area contributed by atoms with E-state index in [0.717, 1.165) is 11.1 Å². The number of carbonyl (C=O) groups excluding carboxylic acids is 2. The van der Waals surface area contributed by atoms with Gasteiger partial charge in [0.25, 0.3) is 5.91 Å². The summed E-state index contributed by atoms with van der Waals surface area (Å²) in [5.74, 6) is -0.485. The van der Waals surface area contributed by atoms with E-state index in [9.17, 15) is 9.59 Å². The monoisotopic (exact) mass is 361 g/mol. The van der Waals surface area contributed by atoms with E-state index in [4.69, 9.17) is 21.1 Å². The first-order valence-corrected chi connectivity index (χ1v) is 8.19. The van der Waals surface area contributed by atoms with Gasteiger partial charge in [0.2, 0.25) is 0 Å². The van der Waals surface area contributed by atoms with Gasteiger partial charge in [0, 0.05) is 10.7 Å². The molecule has 0 unspecified atom stereocenters. The third-order valence-electron chi connectivity index (χ3n) is 3.45. The summed E-state index contributed by atoms with van der Waals surface area (Å²) in [6, 6.07) is 12.5. The predicted molar refractivity (Wildman–Crippen MR) is 97.0 cm³/mol. The molecule has 0 heterocycles. The zero-order chi connectivity index (χ0) is 18.4. The van der Waals surface area contributed by atoms with E-state index in [-0.39, 0.29) is 6.61 Å². The van der Waals surface area contributed by atoms with Gasteiger partial charge in [-0.3, -0.25) is 4.79 Å². The SMILES string of the molecule is Cc1cccc(NC(=O)[C@@H](C)OC(=O)COc2ccc(Cl)cc2C)c1. The molecule has 0 spiro atoms. The third kappa shape index (κ3) is 5.80. The number of carbonyl (C=O) groups is 2. The van der Waals surface area contributed by atoms with Gasteiger partial charge in [-0.25, -0.2) is 4.79 Å². The fourth-order valence-corrected chi connectivity index (χ4v) is 2.39. The normalized spacial score (nSPS) is 11.5. The van der Waals surface area contributed by atoms with Crippen LogP contribution in [0, 0.1) is 13.8 Å². The van der Waals surface area contributed by atoms with Crippen LogP contribution in [0.25, 0.3) is 0 Å². The highest BCUT2D eigenvalue weighted by molar-refractivity contribution is 6.30. The van der Waals surface area contributed by atoms with E-state index in [2.05, 4.69) is 5.32 Å². The Balaban J connectivity index is 1.83. The molecule has 1 N–H and O–H groups in total. The van der Waals surface area contributed by atoms with Gasteiger partial charge in [-0.1, -0.05) is 23.7 Å². The van der Waals surface area contributed by atoms with Crippen molar-refractivity contribution in [3.63, 3.8) is 0 Å². The van der Waals surface area contributed by atoms with Crippen LogP contribution in [0.4, 0.5) is 5.69 Å². The highest BCUT2D eigenvalue weighted by Gasteiger charge is 2.18. The number of hydrogen-bond acceptors (Lipinski definition) is 4. The Morgan fingerprint density at radius 1 is 1.16 bits per heavy atom. The number of halogens is 1. The lowest BCUT2D eigenvalue weighted by molar-refractivity contribution is -0.155. The number of amides is 1. The lowest BCUT2D eigenvalue weighted by Crippen LogP contribution is -2.31. The Labute approximate surface area is 151 Å². The molecule has 0 aliphatic carbocycles. The molecule has 0 bridgehead atoms. The van der Waals surface area contributed by atoms with E-state index in [1.807, 2.05) is 32.0 Å². The maximum Gasteiger partial charge on any atom is 0.344 e. The van der Waals surface area contributed by atoms with Gasteiger partial charge in [-0.2, -0.15) is 0 Å². The van der Waals surface area contributed by atoms with E-state index in [1.54, 1.807) is 24.3 Å². The Hall–Kier alpha value is -2.53. The molecule has 25 heavy (non-hydrogen) atoms. The van der Waals surface area contributed by atoms with Crippen molar-refractivity contribution in [3.8, 4) is 5.75 Å². The van der Waals surface area contributed by atoms with E-state index in [0.29, 0.717) is 16.5 Å². The molecule has 0 aliphatic heterocycles. The first-order valence-electron chi connectivity index (χ1n) is 7.81. The second-order valence-corrected chi connectivity index (χ2v) is 6.13. The van der Waals surface area contributed by atoms with Crippen LogP contribution in [-0.2, 0) is 14.3 Å². The van der Waals surface area contributed by atoms with Crippen molar-refractivity contribution in [2.24, 2.45) is 0 Å². The van der Waals surface area contributed by atoms with Gasteiger partial charge in [0.05, 0.1) is 0 Å². The number of rotatable bonds is 6. The number of nitrogens with one attached hydrogen (secondary N) is 1. The van der Waals surface area contributed by atoms with Crippen LogP contribution in [0.15, 0.2) is 42.5 Å². The minimum absolute atomic E-state index is 0.287. The maximum absolute atomic E-state index is 12.1. The number of aryl methyl sites for hydroxylation is 2. The van der Waals surface area contributed by atoms with Gasteiger partial charge in [0.1, 0.15) is 5.75 Å². The third-order valence-corrected chi connectivity index (χ3v) is 3.68. The lowest BCUT2D eigenvalue weighted by atomic mass is 10.2. The summed E-state index contributed by atoms with van der Waals surface area (Å²) >= 11 is 5.87. The zero-order valence-electron chi connectivity index (χ0n) is 14.3. The number of benzene rings is 2. The van der Waals surface area contributed by atoms with Crippen LogP contribution in [0.3, 0.4) is 0 Å². The second kappa shape index (κ2) is 8.53. The summed E-state index contributed by atoms with van der Waals surface area (Å²) in [6.07, 6.45) is -0.928. The zero-order valence-corrected chi connectivity index (χ0v) is 15.1. The van der Waals surface area contributed by atoms with Crippen molar-refractivity contribution in [3.05, 3.63) is 58.6 Å². The molecule has 5 nitrogen and oxygen atoms in total. The molecule has 1 atom stereocenters. The van der Waals surface area contributed by atoms with E-state index < -0.39 is 18.0 Å². The smallest absolute Gasteiger partial charge is 0.344 e. The largest absolute Gasteiger partial charge is 0.482 e. The summed E-state index contributed by atoms with van der Waals surface area (Å²) in [5, 5.41) is 3.30. The molecule has 0 saturated carbocycles. The Morgan fingerprint density at radius 3 is 2.60 bits per heavy atom. The van der Waals surface area contributed by atoms with E-state index in [1.165, 1.54) is 6.92 Å². The highest BCUT2D eigenvalue weighted by atomic mass is 35.5. The molecular formula is C19H20ClNO4. The molecule has 2 aromatic carbocycles. The number of ether oxygens (including phenoxy) is 2. The summed E-state index contributed by atoms with van der Waals surface area (Å²) in [7, 11) is 0. The molecule has 6 heteroatoms. The first kappa shape index (κ1) is 18.8. The van der Waals surface area contributed by atoms with Crippen molar-refractivity contribution in [1.29, 1.82) is 0 Å². The van der Waals surface area contributed by atoms with Gasteiger partial charge in [0.15, 0.2) is 12.7 Å². The quantitative estimate of drug-likeness (QED) is 0.792. The van der Waals surface area contributed by atoms with Gasteiger partial charge in [-0.05, 0) is 62.2 Å². The molecule has 2 aromatic rings. The molecule has 0 radical (unpaired) electrons. The summed E-state index contributed by atoms with van der Waals surface area (Å²) in [6.45, 7) is 4.97. The Morgan fingerprint density at radius 2 is 1.92 bits per heavy atom. The minimum Gasteiger partial charge on any atom is -0.482 e. The van der Waals surface area contributed by atoms with Crippen molar-refractivity contribution < 1.29 is 19.1 Å². The maximum atomic E-state index is 12.1. The van der Waals surface area contributed by atoms with Crippen molar-refractivity contribution >= 4 is 29.2 Å². The predicted octanol–water partition coefficient (Wildman–Crippen LogP) is 3.91. The van der Waals surface area contributed by atoms with Crippen LogP contribution in [-0.4, -0.2) is 24.6 Å². The molecule has 1 amide bonds. The fraction of sp³-hybridized carbons (Fsp3) is 0.263. The lowest BCUT2D eigenvalue weighted by Gasteiger charge is -2.14. The number of hydrogen-bond donors (Lipinski definition) is 1. The average molecular weight is 362 g/mol. The molecule has 0 saturated heterocycles. The standard InChI is InChI=1S/C19H20ClNO4/c1-12-5-4-6-16(9-12)21-19(23)14(3)25-18(22)11-24-17-8-7-15(20)10-13(17)2/h4-10,14H,11H2,1-3H3,(H,21,23)/t14-/m1/s1. The number of anilines is 1. The summed E-state index contributed by atoms with van der Waals surface area (Å²) in [4.78, 5) is 23.9. The van der Waals surface area contributed by atoms with Crippen molar-refractivity contribution in [2.45, 2.75) is 26.9 Å². The van der Waals surface area contributed by atoms with Crippen molar-refractivity contribution in [1.82, 2.24) is 0 Å². The van der Waals surface area contributed by atoms with Gasteiger partial charge >= 0.3 is 5.97 Å². The highest BCUT2D eigenvalue weighted by Crippen LogP contribution is 2.21. The summed E-state index contributed by atoms with van der Waals surface area (Å²) in [5.41, 5.74) is 2.49. The Bertz CT molecular complexity index is 776. The minimum atomic E-state index is -0.928. The van der Waals surface area contributed by atoms with Crippen LogP contribution >= 0.6 is 11.6 Å². The Kier molecular flexibility index (Phi) is 6.42. The summed E-state index contributed by atoms with van der Waals surface area (Å²) < 4.78 is 10.5. The van der Waals surface area contributed by atoms with Crippen LogP contribution in [0.5, 0.6) is 5.75 Å². The van der Waals surface area contributed by atoms with Crippen LogP contribution < -0.4 is 10.1 Å². The molecule has 132 valence electrons. The average Bonchev–Trinajstić information content (AvgIpc) is 2.54. The van der Waals surface area contributed by atoms with Gasteiger partial charge < -0.3 is 14.8 Å². The van der Waals surface area contributed by atoms with Crippen LogP contribution in [0.1, 0.15) is 18.1 Å². The van der Waals surface area contributed by atoms with Crippen molar-refractivity contribution in [2.75, 3.05) is 11.9 Å². The molecule has 2 rings (SSSR count). The fourth-order valence-electron chi connectivity index (χ4n) is 2.16. The van der Waals surface area contributed by atoms with Crippen LogP contribution in [0.2, 0.25) is 5.02 Å². The van der Waals surface area contributed by atoms with Gasteiger partial charge in [-0.15, -0.1) is 0 Å². The van der Waals surface area contributed by atoms with E-state index >= 15 is 0 Å². The molecule has 0 fully saturated rings. The first-order chi connectivity index (χ1) is 11.8. The second-order valence-electron chi connectivity index (χ2n) is 5.69. The topological polar surface area (TPSA) is 64.6 Å². The molecule has 0 aromatic heterocycles. The molecular weight excluding hydrogens is 342 g/mol.